The van der Waals surface area contributed by atoms with E-state index in [1.807, 2.05) is 0 Å². The molecule has 0 spiro atoms. The molecule has 0 saturated heterocycles. The number of rotatable bonds is 4. The Hall–Kier alpha value is -5.22. The molecule has 2 aromatic heterocycles. The third-order valence-electron chi connectivity index (χ3n) is 8.45. The van der Waals surface area contributed by atoms with Crippen LogP contribution in [0.15, 0.2) is 131 Å². The standard InChI is InChI=1S/C37H26N2O2/c1-37(2)32-21-27(23-7-11-25(12-8-23)35-38-17-19-40-35)15-16-30(32)34-29-6-4-3-5-28(29)31(22-33(34)37)24-9-13-26(14-10-24)36-39-18-20-41-36/h3-22H,1-2H3. The molecule has 0 fully saturated rings. The van der Waals surface area contributed by atoms with Crippen LogP contribution in [-0.4, -0.2) is 9.97 Å². The Labute approximate surface area is 238 Å². The first-order chi connectivity index (χ1) is 20.1. The Morgan fingerprint density at radius 2 is 1.07 bits per heavy atom. The second-order valence-electron chi connectivity index (χ2n) is 11.1. The summed E-state index contributed by atoms with van der Waals surface area (Å²) in [4.78, 5) is 8.57. The molecule has 5 aromatic carbocycles. The fourth-order valence-electron chi connectivity index (χ4n) is 6.33. The summed E-state index contributed by atoms with van der Waals surface area (Å²) in [5.41, 5.74) is 11.9. The molecule has 8 rings (SSSR count). The Kier molecular flexibility index (Phi) is 5.13. The molecule has 0 N–H and O–H groups in total. The monoisotopic (exact) mass is 530 g/mol. The highest BCUT2D eigenvalue weighted by Crippen LogP contribution is 2.54. The van der Waals surface area contributed by atoms with Gasteiger partial charge in [-0.25, -0.2) is 9.97 Å². The van der Waals surface area contributed by atoms with E-state index < -0.39 is 0 Å². The van der Waals surface area contributed by atoms with Gasteiger partial charge in [0.05, 0.1) is 12.4 Å². The maximum atomic E-state index is 5.51. The first kappa shape index (κ1) is 23.6. The number of hydrogen-bond donors (Lipinski definition) is 0. The Morgan fingerprint density at radius 3 is 1.68 bits per heavy atom. The minimum absolute atomic E-state index is 0.157. The van der Waals surface area contributed by atoms with E-state index in [-0.39, 0.29) is 5.41 Å². The van der Waals surface area contributed by atoms with Crippen molar-refractivity contribution < 1.29 is 8.83 Å². The van der Waals surface area contributed by atoms with Crippen molar-refractivity contribution in [1.29, 1.82) is 0 Å². The van der Waals surface area contributed by atoms with Crippen LogP contribution < -0.4 is 0 Å². The Morgan fingerprint density at radius 1 is 0.512 bits per heavy atom. The van der Waals surface area contributed by atoms with Gasteiger partial charge in [-0.1, -0.05) is 74.5 Å². The molecule has 0 bridgehead atoms. The van der Waals surface area contributed by atoms with Gasteiger partial charge in [0.2, 0.25) is 11.8 Å². The number of oxazole rings is 2. The van der Waals surface area contributed by atoms with Gasteiger partial charge < -0.3 is 8.83 Å². The molecule has 0 saturated carbocycles. The second kappa shape index (κ2) is 8.90. The SMILES string of the molecule is CC1(C)c2cc(-c3ccc(-c4ncco4)cc3)ccc2-c2c1cc(-c1ccc(-c3ncco3)cc1)c1ccccc21. The van der Waals surface area contributed by atoms with Crippen molar-refractivity contribution in [2.75, 3.05) is 0 Å². The average Bonchev–Trinajstić information content (AvgIpc) is 3.79. The van der Waals surface area contributed by atoms with E-state index in [0.717, 1.165) is 11.1 Å². The summed E-state index contributed by atoms with van der Waals surface area (Å²) in [6, 6.07) is 35.0. The highest BCUT2D eigenvalue weighted by Gasteiger charge is 2.37. The molecular weight excluding hydrogens is 504 g/mol. The fourth-order valence-corrected chi connectivity index (χ4v) is 6.33. The lowest BCUT2D eigenvalue weighted by molar-refractivity contribution is 0.574. The lowest BCUT2D eigenvalue weighted by Gasteiger charge is -2.23. The van der Waals surface area contributed by atoms with Crippen molar-refractivity contribution in [2.24, 2.45) is 0 Å². The van der Waals surface area contributed by atoms with E-state index in [1.165, 1.54) is 55.3 Å². The smallest absolute Gasteiger partial charge is 0.225 e. The van der Waals surface area contributed by atoms with Gasteiger partial charge in [0.15, 0.2) is 0 Å². The third kappa shape index (κ3) is 3.68. The minimum Gasteiger partial charge on any atom is -0.445 e. The predicted octanol–water partition coefficient (Wildman–Crippen LogP) is 9.79. The maximum absolute atomic E-state index is 5.51. The quantitative estimate of drug-likeness (QED) is 0.227. The summed E-state index contributed by atoms with van der Waals surface area (Å²) in [5, 5.41) is 2.54. The van der Waals surface area contributed by atoms with Gasteiger partial charge in [0.25, 0.3) is 0 Å². The lowest BCUT2D eigenvalue weighted by Crippen LogP contribution is -2.15. The van der Waals surface area contributed by atoms with Crippen LogP contribution in [-0.2, 0) is 5.41 Å². The van der Waals surface area contributed by atoms with Crippen LogP contribution >= 0.6 is 0 Å². The first-order valence-electron chi connectivity index (χ1n) is 13.8. The largest absolute Gasteiger partial charge is 0.445 e. The van der Waals surface area contributed by atoms with E-state index in [2.05, 4.69) is 121 Å². The summed E-state index contributed by atoms with van der Waals surface area (Å²) < 4.78 is 11.0. The molecule has 0 aliphatic heterocycles. The van der Waals surface area contributed by atoms with Crippen molar-refractivity contribution in [1.82, 2.24) is 9.97 Å². The molecule has 4 nitrogen and oxygen atoms in total. The van der Waals surface area contributed by atoms with Crippen molar-refractivity contribution >= 4 is 10.8 Å². The number of aromatic nitrogens is 2. The van der Waals surface area contributed by atoms with Crippen LogP contribution in [0.5, 0.6) is 0 Å². The molecule has 1 aliphatic carbocycles. The number of nitrogens with zero attached hydrogens (tertiary/aromatic N) is 2. The summed E-state index contributed by atoms with van der Waals surface area (Å²) >= 11 is 0. The van der Waals surface area contributed by atoms with Crippen molar-refractivity contribution in [3.63, 3.8) is 0 Å². The molecule has 2 heterocycles. The highest BCUT2D eigenvalue weighted by atomic mass is 16.3. The molecule has 4 heteroatoms. The molecule has 196 valence electrons. The zero-order valence-corrected chi connectivity index (χ0v) is 22.8. The van der Waals surface area contributed by atoms with Crippen molar-refractivity contribution in [3.8, 4) is 56.3 Å². The summed E-state index contributed by atoms with van der Waals surface area (Å²) in [5.74, 6) is 1.27. The molecule has 1 aliphatic rings. The van der Waals surface area contributed by atoms with Gasteiger partial charge in [-0.3, -0.25) is 0 Å². The van der Waals surface area contributed by atoms with E-state index >= 15 is 0 Å². The van der Waals surface area contributed by atoms with E-state index in [4.69, 9.17) is 8.83 Å². The molecular formula is C37H26N2O2. The zero-order chi connectivity index (χ0) is 27.6. The molecule has 0 amide bonds. The average molecular weight is 531 g/mol. The van der Waals surface area contributed by atoms with Gasteiger partial charge in [-0.2, -0.15) is 0 Å². The molecule has 41 heavy (non-hydrogen) atoms. The van der Waals surface area contributed by atoms with Crippen LogP contribution in [0.1, 0.15) is 25.0 Å². The van der Waals surface area contributed by atoms with Gasteiger partial charge in [-0.05, 0) is 91.7 Å². The Bertz CT molecular complexity index is 2030. The topological polar surface area (TPSA) is 52.1 Å². The minimum atomic E-state index is -0.157. The number of fused-ring (bicyclic) bond motifs is 5. The van der Waals surface area contributed by atoms with Crippen LogP contribution in [0, 0.1) is 0 Å². The molecule has 0 radical (unpaired) electrons. The van der Waals surface area contributed by atoms with Crippen LogP contribution in [0.25, 0.3) is 67.1 Å². The lowest BCUT2D eigenvalue weighted by atomic mass is 9.80. The van der Waals surface area contributed by atoms with Crippen LogP contribution in [0.3, 0.4) is 0 Å². The van der Waals surface area contributed by atoms with Gasteiger partial charge >= 0.3 is 0 Å². The third-order valence-corrected chi connectivity index (χ3v) is 8.45. The first-order valence-corrected chi connectivity index (χ1v) is 13.8. The molecule has 0 unspecified atom stereocenters. The summed E-state index contributed by atoms with van der Waals surface area (Å²) in [6.45, 7) is 4.69. The fraction of sp³-hybridized carbons (Fsp3) is 0.0811. The highest BCUT2D eigenvalue weighted by molar-refractivity contribution is 6.09. The van der Waals surface area contributed by atoms with E-state index in [9.17, 15) is 0 Å². The van der Waals surface area contributed by atoms with Gasteiger partial charge in [-0.15, -0.1) is 0 Å². The Balaban J connectivity index is 1.24. The van der Waals surface area contributed by atoms with Crippen molar-refractivity contribution in [2.45, 2.75) is 19.3 Å². The number of benzene rings is 5. The van der Waals surface area contributed by atoms with Crippen molar-refractivity contribution in [3.05, 3.63) is 133 Å². The summed E-state index contributed by atoms with van der Waals surface area (Å²) in [6.07, 6.45) is 6.56. The molecule has 7 aromatic rings. The normalized spacial score (nSPS) is 13.3. The van der Waals surface area contributed by atoms with Crippen LogP contribution in [0.2, 0.25) is 0 Å². The van der Waals surface area contributed by atoms with Gasteiger partial charge in [0.1, 0.15) is 12.5 Å². The second-order valence-corrected chi connectivity index (χ2v) is 11.1. The molecule has 0 atom stereocenters. The maximum Gasteiger partial charge on any atom is 0.225 e. The van der Waals surface area contributed by atoms with E-state index in [1.54, 1.807) is 24.9 Å². The summed E-state index contributed by atoms with van der Waals surface area (Å²) in [7, 11) is 0. The zero-order valence-electron chi connectivity index (χ0n) is 22.8. The van der Waals surface area contributed by atoms with E-state index in [0.29, 0.717) is 11.8 Å². The predicted molar refractivity (Wildman–Crippen MR) is 163 cm³/mol. The number of hydrogen-bond acceptors (Lipinski definition) is 4. The van der Waals surface area contributed by atoms with Gasteiger partial charge in [0, 0.05) is 16.5 Å². The van der Waals surface area contributed by atoms with Crippen LogP contribution in [0.4, 0.5) is 0 Å².